The SMILES string of the molecule is CC(=O)N[C@@H](CC(C)Cc1ccccc1)C(O)CNC1(c2cccc(Br)c2)CC1. The van der Waals surface area contributed by atoms with Crippen LogP contribution >= 0.6 is 15.9 Å². The standard InChI is InChI=1S/C24H31BrN2O2/c1-17(13-19-7-4-3-5-8-19)14-22(27-18(2)28)23(29)16-26-24(11-12-24)20-9-6-10-21(25)15-20/h3-10,15,17,22-23,26,29H,11-14,16H2,1-2H3,(H,27,28)/t17?,22-,23?/m0/s1. The number of amides is 1. The number of carbonyl (C=O) groups is 1. The van der Waals surface area contributed by atoms with Gasteiger partial charge < -0.3 is 15.7 Å². The molecule has 5 heteroatoms. The first kappa shape index (κ1) is 22.0. The largest absolute Gasteiger partial charge is 0.390 e. The summed E-state index contributed by atoms with van der Waals surface area (Å²) in [5, 5.41) is 17.4. The van der Waals surface area contributed by atoms with Gasteiger partial charge in [0.15, 0.2) is 0 Å². The van der Waals surface area contributed by atoms with Crippen molar-refractivity contribution in [2.75, 3.05) is 6.54 Å². The van der Waals surface area contributed by atoms with Gasteiger partial charge in [0.25, 0.3) is 0 Å². The van der Waals surface area contributed by atoms with Gasteiger partial charge in [-0.25, -0.2) is 0 Å². The second-order valence-corrected chi connectivity index (χ2v) is 9.29. The van der Waals surface area contributed by atoms with Crippen molar-refractivity contribution in [2.24, 2.45) is 5.92 Å². The maximum atomic E-state index is 11.7. The van der Waals surface area contributed by atoms with E-state index in [4.69, 9.17) is 0 Å². The Morgan fingerprint density at radius 1 is 1.17 bits per heavy atom. The monoisotopic (exact) mass is 458 g/mol. The van der Waals surface area contributed by atoms with E-state index in [-0.39, 0.29) is 17.5 Å². The van der Waals surface area contributed by atoms with Crippen molar-refractivity contribution >= 4 is 21.8 Å². The lowest BCUT2D eigenvalue weighted by Gasteiger charge is -2.28. The quantitative estimate of drug-likeness (QED) is 0.500. The van der Waals surface area contributed by atoms with Crippen molar-refractivity contribution in [3.63, 3.8) is 0 Å². The van der Waals surface area contributed by atoms with Gasteiger partial charge in [-0.05, 0) is 54.9 Å². The topological polar surface area (TPSA) is 61.4 Å². The van der Waals surface area contributed by atoms with Crippen LogP contribution in [0.1, 0.15) is 44.2 Å². The van der Waals surface area contributed by atoms with Gasteiger partial charge in [-0.2, -0.15) is 0 Å². The normalized spacial score (nSPS) is 17.9. The molecule has 2 unspecified atom stereocenters. The van der Waals surface area contributed by atoms with Crippen molar-refractivity contribution < 1.29 is 9.90 Å². The zero-order valence-corrected chi connectivity index (χ0v) is 18.8. The van der Waals surface area contributed by atoms with Crippen molar-refractivity contribution in [2.45, 2.75) is 57.2 Å². The minimum absolute atomic E-state index is 0.0544. The Morgan fingerprint density at radius 2 is 1.90 bits per heavy atom. The van der Waals surface area contributed by atoms with E-state index >= 15 is 0 Å². The smallest absolute Gasteiger partial charge is 0.217 e. The first-order chi connectivity index (χ1) is 13.9. The molecule has 1 aliphatic carbocycles. The number of hydrogen-bond donors (Lipinski definition) is 3. The molecule has 4 nitrogen and oxygen atoms in total. The zero-order valence-electron chi connectivity index (χ0n) is 17.2. The van der Waals surface area contributed by atoms with E-state index in [1.807, 2.05) is 30.3 Å². The molecule has 0 heterocycles. The molecular formula is C24H31BrN2O2. The van der Waals surface area contributed by atoms with Crippen molar-refractivity contribution in [3.8, 4) is 0 Å². The minimum atomic E-state index is -0.637. The fourth-order valence-corrected chi connectivity index (χ4v) is 4.43. The van der Waals surface area contributed by atoms with Crippen LogP contribution in [-0.4, -0.2) is 29.7 Å². The van der Waals surface area contributed by atoms with Gasteiger partial charge in [0.1, 0.15) is 0 Å². The second-order valence-electron chi connectivity index (χ2n) is 8.38. The number of benzene rings is 2. The van der Waals surface area contributed by atoms with Crippen LogP contribution in [0.25, 0.3) is 0 Å². The van der Waals surface area contributed by atoms with Crippen LogP contribution in [0.15, 0.2) is 59.1 Å². The number of nitrogens with one attached hydrogen (secondary N) is 2. The molecule has 3 N–H and O–H groups in total. The summed E-state index contributed by atoms with van der Waals surface area (Å²) >= 11 is 3.54. The minimum Gasteiger partial charge on any atom is -0.390 e. The third-order valence-electron chi connectivity index (χ3n) is 5.71. The summed E-state index contributed by atoms with van der Waals surface area (Å²) in [5.41, 5.74) is 2.47. The van der Waals surface area contributed by atoms with Crippen LogP contribution < -0.4 is 10.6 Å². The van der Waals surface area contributed by atoms with Crippen molar-refractivity contribution in [1.82, 2.24) is 10.6 Å². The van der Waals surface area contributed by atoms with Gasteiger partial charge in [-0.15, -0.1) is 0 Å². The van der Waals surface area contributed by atoms with Gasteiger partial charge in [-0.3, -0.25) is 4.79 Å². The molecular weight excluding hydrogens is 428 g/mol. The molecule has 2 aromatic rings. The molecule has 0 aromatic heterocycles. The van der Waals surface area contributed by atoms with E-state index < -0.39 is 6.10 Å². The molecule has 0 aliphatic heterocycles. The number of rotatable bonds is 10. The number of carbonyl (C=O) groups excluding carboxylic acids is 1. The van der Waals surface area contributed by atoms with Gasteiger partial charge in [0, 0.05) is 23.5 Å². The average molecular weight is 459 g/mol. The fraction of sp³-hybridized carbons (Fsp3) is 0.458. The van der Waals surface area contributed by atoms with Crippen LogP contribution in [0.4, 0.5) is 0 Å². The lowest BCUT2D eigenvalue weighted by Crippen LogP contribution is -2.49. The van der Waals surface area contributed by atoms with E-state index in [0.29, 0.717) is 12.5 Å². The van der Waals surface area contributed by atoms with Crippen LogP contribution in [-0.2, 0) is 16.8 Å². The third-order valence-corrected chi connectivity index (χ3v) is 6.21. The number of hydrogen-bond acceptors (Lipinski definition) is 3. The Kier molecular flexibility index (Phi) is 7.49. The summed E-state index contributed by atoms with van der Waals surface area (Å²) in [7, 11) is 0. The molecule has 0 saturated heterocycles. The molecule has 29 heavy (non-hydrogen) atoms. The molecule has 0 radical (unpaired) electrons. The lowest BCUT2D eigenvalue weighted by molar-refractivity contribution is -0.120. The predicted octanol–water partition coefficient (Wildman–Crippen LogP) is 4.16. The molecule has 156 valence electrons. The maximum absolute atomic E-state index is 11.7. The first-order valence-corrected chi connectivity index (χ1v) is 11.2. The van der Waals surface area contributed by atoms with Crippen molar-refractivity contribution in [1.29, 1.82) is 0 Å². The van der Waals surface area contributed by atoms with E-state index in [1.165, 1.54) is 18.1 Å². The van der Waals surface area contributed by atoms with Crippen molar-refractivity contribution in [3.05, 3.63) is 70.2 Å². The average Bonchev–Trinajstić information content (AvgIpc) is 3.47. The number of aliphatic hydroxyl groups excluding tert-OH is 1. The van der Waals surface area contributed by atoms with Crippen LogP contribution in [0.3, 0.4) is 0 Å². The van der Waals surface area contributed by atoms with E-state index in [0.717, 1.165) is 30.2 Å². The summed E-state index contributed by atoms with van der Waals surface area (Å²) in [6, 6.07) is 18.4. The molecule has 1 fully saturated rings. The number of aliphatic hydroxyl groups is 1. The molecule has 3 atom stereocenters. The lowest BCUT2D eigenvalue weighted by atomic mass is 9.91. The second kappa shape index (κ2) is 9.88. The Labute approximate surface area is 182 Å². The molecule has 1 aliphatic rings. The Balaban J connectivity index is 1.58. The Morgan fingerprint density at radius 3 is 2.52 bits per heavy atom. The van der Waals surface area contributed by atoms with Gasteiger partial charge in [-0.1, -0.05) is 65.3 Å². The highest BCUT2D eigenvalue weighted by atomic mass is 79.9. The van der Waals surface area contributed by atoms with E-state index in [1.54, 1.807) is 0 Å². The van der Waals surface area contributed by atoms with E-state index in [9.17, 15) is 9.90 Å². The van der Waals surface area contributed by atoms with E-state index in [2.05, 4.69) is 57.8 Å². The first-order valence-electron chi connectivity index (χ1n) is 10.4. The highest BCUT2D eigenvalue weighted by molar-refractivity contribution is 9.10. The summed E-state index contributed by atoms with van der Waals surface area (Å²) in [4.78, 5) is 11.7. The Hall–Kier alpha value is -1.69. The van der Waals surface area contributed by atoms with Gasteiger partial charge in [0.05, 0.1) is 12.1 Å². The summed E-state index contributed by atoms with van der Waals surface area (Å²) in [6.45, 7) is 4.14. The summed E-state index contributed by atoms with van der Waals surface area (Å²) in [6.07, 6.45) is 3.15. The zero-order chi connectivity index (χ0) is 20.9. The molecule has 2 aromatic carbocycles. The van der Waals surface area contributed by atoms with Crippen LogP contribution in [0.2, 0.25) is 0 Å². The molecule has 1 amide bonds. The van der Waals surface area contributed by atoms with Crippen LogP contribution in [0.5, 0.6) is 0 Å². The molecule has 0 bridgehead atoms. The highest BCUT2D eigenvalue weighted by Gasteiger charge is 2.44. The van der Waals surface area contributed by atoms with Gasteiger partial charge >= 0.3 is 0 Å². The third kappa shape index (κ3) is 6.39. The summed E-state index contributed by atoms with van der Waals surface area (Å²) < 4.78 is 1.06. The van der Waals surface area contributed by atoms with Crippen LogP contribution in [0, 0.1) is 5.92 Å². The molecule has 1 saturated carbocycles. The number of halogens is 1. The summed E-state index contributed by atoms with van der Waals surface area (Å²) in [5.74, 6) is 0.248. The highest BCUT2D eigenvalue weighted by Crippen LogP contribution is 2.46. The fourth-order valence-electron chi connectivity index (χ4n) is 4.03. The Bertz CT molecular complexity index is 808. The molecule has 0 spiro atoms. The predicted molar refractivity (Wildman–Crippen MR) is 121 cm³/mol. The van der Waals surface area contributed by atoms with Gasteiger partial charge in [0.2, 0.25) is 5.91 Å². The molecule has 3 rings (SSSR count). The maximum Gasteiger partial charge on any atom is 0.217 e.